The number of rotatable bonds is 6. The third-order valence-electron chi connectivity index (χ3n) is 4.57. The molecule has 1 amide bonds. The van der Waals surface area contributed by atoms with Crippen molar-refractivity contribution in [3.63, 3.8) is 0 Å². The zero-order chi connectivity index (χ0) is 18.7. The molecule has 0 radical (unpaired) electrons. The zero-order valence-corrected chi connectivity index (χ0v) is 15.8. The van der Waals surface area contributed by atoms with Gasteiger partial charge in [0.15, 0.2) is 0 Å². The number of amides is 1. The Morgan fingerprint density at radius 1 is 1.23 bits per heavy atom. The van der Waals surface area contributed by atoms with Crippen LogP contribution in [0.3, 0.4) is 0 Å². The summed E-state index contributed by atoms with van der Waals surface area (Å²) in [4.78, 5) is 12.7. The predicted octanol–water partition coefficient (Wildman–Crippen LogP) is 2.26. The van der Waals surface area contributed by atoms with E-state index in [-0.39, 0.29) is 10.8 Å². The largest absolute Gasteiger partial charge is 0.361 e. The van der Waals surface area contributed by atoms with Crippen LogP contribution in [-0.4, -0.2) is 36.9 Å². The second kappa shape index (κ2) is 7.59. The van der Waals surface area contributed by atoms with Crippen LogP contribution in [0.2, 0.25) is 0 Å². The highest BCUT2D eigenvalue weighted by atomic mass is 32.2. The Bertz CT molecular complexity index is 882. The number of carbonyl (C=O) groups excluding carboxylic acids is 1. The molecule has 1 N–H and O–H groups in total. The van der Waals surface area contributed by atoms with Gasteiger partial charge in [0, 0.05) is 19.6 Å². The number of hydrogen-bond acceptors (Lipinski definition) is 5. The lowest BCUT2D eigenvalue weighted by molar-refractivity contribution is 0.0948. The topological polar surface area (TPSA) is 92.5 Å². The number of sulfonamides is 1. The van der Waals surface area contributed by atoms with Crippen LogP contribution in [0.1, 0.15) is 47.1 Å². The van der Waals surface area contributed by atoms with Crippen molar-refractivity contribution in [1.82, 2.24) is 14.8 Å². The van der Waals surface area contributed by atoms with Crippen molar-refractivity contribution in [2.75, 3.05) is 13.1 Å². The Kier molecular flexibility index (Phi) is 5.43. The molecule has 2 heterocycles. The first-order valence-corrected chi connectivity index (χ1v) is 10.2. The first-order valence-electron chi connectivity index (χ1n) is 8.76. The number of hydrogen-bond donors (Lipinski definition) is 1. The molecule has 1 aliphatic heterocycles. The molecule has 0 spiro atoms. The number of nitrogens with zero attached hydrogens (tertiary/aromatic N) is 2. The maximum atomic E-state index is 12.5. The smallest absolute Gasteiger partial charge is 0.257 e. The van der Waals surface area contributed by atoms with Gasteiger partial charge in [-0.2, -0.15) is 4.31 Å². The van der Waals surface area contributed by atoms with Crippen molar-refractivity contribution < 1.29 is 17.7 Å². The molecule has 0 unspecified atom stereocenters. The van der Waals surface area contributed by atoms with Crippen LogP contribution in [0.4, 0.5) is 0 Å². The summed E-state index contributed by atoms with van der Waals surface area (Å²) in [5, 5.41) is 6.71. The third-order valence-corrected chi connectivity index (χ3v) is 6.49. The molecule has 3 rings (SSSR count). The average molecular weight is 377 g/mol. The molecular weight excluding hydrogens is 354 g/mol. The van der Waals surface area contributed by atoms with Gasteiger partial charge in [-0.15, -0.1) is 0 Å². The van der Waals surface area contributed by atoms with Gasteiger partial charge in [0.2, 0.25) is 10.0 Å². The fourth-order valence-electron chi connectivity index (χ4n) is 3.08. The van der Waals surface area contributed by atoms with Crippen molar-refractivity contribution in [2.45, 2.75) is 44.6 Å². The van der Waals surface area contributed by atoms with Gasteiger partial charge in [0.25, 0.3) is 5.91 Å². The molecule has 1 fully saturated rings. The highest BCUT2D eigenvalue weighted by molar-refractivity contribution is 7.89. The lowest BCUT2D eigenvalue weighted by Gasteiger charge is -2.15. The number of aryl methyl sites for hydroxylation is 2. The lowest BCUT2D eigenvalue weighted by atomic mass is 10.1. The molecule has 0 aliphatic carbocycles. The number of carbonyl (C=O) groups is 1. The van der Waals surface area contributed by atoms with Crippen LogP contribution in [-0.2, 0) is 23.0 Å². The first-order chi connectivity index (χ1) is 12.4. The Hall–Kier alpha value is -2.19. The summed E-state index contributed by atoms with van der Waals surface area (Å²) < 4.78 is 31.6. The normalized spacial score (nSPS) is 15.3. The fourth-order valence-corrected chi connectivity index (χ4v) is 4.59. The van der Waals surface area contributed by atoms with E-state index in [1.54, 1.807) is 31.2 Å². The molecule has 1 aliphatic rings. The van der Waals surface area contributed by atoms with Gasteiger partial charge in [0.05, 0.1) is 10.6 Å². The molecule has 140 valence electrons. The summed E-state index contributed by atoms with van der Waals surface area (Å²) in [7, 11) is -3.41. The quantitative estimate of drug-likeness (QED) is 0.834. The van der Waals surface area contributed by atoms with E-state index in [1.165, 1.54) is 4.31 Å². The molecule has 1 aromatic carbocycles. The maximum absolute atomic E-state index is 12.5. The van der Waals surface area contributed by atoms with Crippen LogP contribution >= 0.6 is 0 Å². The fraction of sp³-hybridized carbons (Fsp3) is 0.444. The monoisotopic (exact) mass is 377 g/mol. The molecule has 0 saturated carbocycles. The molecule has 2 aromatic rings. The average Bonchev–Trinajstić information content (AvgIpc) is 3.30. The Balaban J connectivity index is 1.66. The molecule has 1 aromatic heterocycles. The van der Waals surface area contributed by atoms with E-state index in [9.17, 15) is 13.2 Å². The highest BCUT2D eigenvalue weighted by Crippen LogP contribution is 2.21. The van der Waals surface area contributed by atoms with Crippen molar-refractivity contribution >= 4 is 15.9 Å². The highest BCUT2D eigenvalue weighted by Gasteiger charge is 2.27. The van der Waals surface area contributed by atoms with Crippen LogP contribution in [0.5, 0.6) is 0 Å². The summed E-state index contributed by atoms with van der Waals surface area (Å²) in [6.07, 6.45) is 2.43. The molecule has 1 saturated heterocycles. The first kappa shape index (κ1) is 18.6. The van der Waals surface area contributed by atoms with Crippen LogP contribution < -0.4 is 5.32 Å². The SMILES string of the molecule is CCc1noc(C)c1C(=O)NCc1ccc(S(=O)(=O)N2CCCC2)cc1. The van der Waals surface area contributed by atoms with Crippen molar-refractivity contribution in [3.05, 3.63) is 46.8 Å². The minimum Gasteiger partial charge on any atom is -0.361 e. The summed E-state index contributed by atoms with van der Waals surface area (Å²) >= 11 is 0. The van der Waals surface area contributed by atoms with Crippen LogP contribution in [0.15, 0.2) is 33.7 Å². The second-order valence-corrected chi connectivity index (χ2v) is 8.29. The second-order valence-electron chi connectivity index (χ2n) is 6.35. The van der Waals surface area contributed by atoms with E-state index in [4.69, 9.17) is 4.52 Å². The van der Waals surface area contributed by atoms with Gasteiger partial charge >= 0.3 is 0 Å². The molecule has 0 atom stereocenters. The molecular formula is C18H23N3O4S. The Morgan fingerprint density at radius 2 is 1.88 bits per heavy atom. The van der Waals surface area contributed by atoms with E-state index in [0.29, 0.717) is 43.1 Å². The number of nitrogens with one attached hydrogen (secondary N) is 1. The van der Waals surface area contributed by atoms with Gasteiger partial charge in [-0.1, -0.05) is 24.2 Å². The van der Waals surface area contributed by atoms with Gasteiger partial charge < -0.3 is 9.84 Å². The van der Waals surface area contributed by atoms with E-state index in [0.717, 1.165) is 18.4 Å². The molecule has 7 nitrogen and oxygen atoms in total. The van der Waals surface area contributed by atoms with Crippen molar-refractivity contribution in [1.29, 1.82) is 0 Å². The van der Waals surface area contributed by atoms with E-state index >= 15 is 0 Å². The molecule has 0 bridgehead atoms. The van der Waals surface area contributed by atoms with Crippen LogP contribution in [0.25, 0.3) is 0 Å². The third kappa shape index (κ3) is 3.66. The van der Waals surface area contributed by atoms with E-state index in [1.807, 2.05) is 6.92 Å². The molecule has 26 heavy (non-hydrogen) atoms. The van der Waals surface area contributed by atoms with E-state index in [2.05, 4.69) is 10.5 Å². The zero-order valence-electron chi connectivity index (χ0n) is 15.0. The van der Waals surface area contributed by atoms with Gasteiger partial charge in [-0.05, 0) is 43.9 Å². The minimum atomic E-state index is -3.41. The van der Waals surface area contributed by atoms with Gasteiger partial charge in [0.1, 0.15) is 11.3 Å². The Labute approximate surface area is 153 Å². The van der Waals surface area contributed by atoms with Crippen LogP contribution in [0, 0.1) is 6.92 Å². The maximum Gasteiger partial charge on any atom is 0.257 e. The van der Waals surface area contributed by atoms with Gasteiger partial charge in [-0.3, -0.25) is 4.79 Å². The van der Waals surface area contributed by atoms with Crippen molar-refractivity contribution in [3.8, 4) is 0 Å². The summed E-state index contributed by atoms with van der Waals surface area (Å²) in [6.45, 7) is 5.08. The minimum absolute atomic E-state index is 0.241. The number of benzene rings is 1. The van der Waals surface area contributed by atoms with E-state index < -0.39 is 10.0 Å². The molecule has 8 heteroatoms. The summed E-state index contributed by atoms with van der Waals surface area (Å²) in [5.74, 6) is 0.251. The summed E-state index contributed by atoms with van der Waals surface area (Å²) in [5.41, 5.74) is 1.93. The van der Waals surface area contributed by atoms with Crippen molar-refractivity contribution in [2.24, 2.45) is 0 Å². The predicted molar refractivity (Wildman–Crippen MR) is 96.2 cm³/mol. The standard InChI is InChI=1S/C18H23N3O4S/c1-3-16-17(13(2)25-20-16)18(22)19-12-14-6-8-15(9-7-14)26(23,24)21-10-4-5-11-21/h6-9H,3-5,10-12H2,1-2H3,(H,19,22). The van der Waals surface area contributed by atoms with Gasteiger partial charge in [-0.25, -0.2) is 8.42 Å². The summed E-state index contributed by atoms with van der Waals surface area (Å²) in [6, 6.07) is 6.64. The Morgan fingerprint density at radius 3 is 2.50 bits per heavy atom. The lowest BCUT2D eigenvalue weighted by Crippen LogP contribution is -2.28. The number of aromatic nitrogens is 1.